The highest BCUT2D eigenvalue weighted by atomic mass is 32.2. The quantitative estimate of drug-likeness (QED) is 0.0502. The van der Waals surface area contributed by atoms with Gasteiger partial charge in [-0.3, -0.25) is 19.4 Å². The smallest absolute Gasteiger partial charge is 0.327 e. The molecule has 0 aliphatic heterocycles. The number of aliphatic carboxylic acids is 1. The maximum Gasteiger partial charge on any atom is 0.327 e. The fourth-order valence-corrected chi connectivity index (χ4v) is 3.94. The van der Waals surface area contributed by atoms with Crippen molar-refractivity contribution >= 4 is 54.0 Å². The highest BCUT2D eigenvalue weighted by Gasteiger charge is 2.30. The summed E-state index contributed by atoms with van der Waals surface area (Å²) in [5.74, 6) is -2.64. The van der Waals surface area contributed by atoms with Crippen LogP contribution in [0.4, 0.5) is 0 Å². The van der Waals surface area contributed by atoms with Crippen molar-refractivity contribution in [2.75, 3.05) is 24.3 Å². The summed E-state index contributed by atoms with van der Waals surface area (Å²) in [7, 11) is 0. The molecule has 1 rings (SSSR count). The predicted octanol–water partition coefficient (Wildman–Crippen LogP) is -1.17. The van der Waals surface area contributed by atoms with Gasteiger partial charge in [-0.1, -0.05) is 30.3 Å². The Morgan fingerprint density at radius 1 is 0.973 bits per heavy atom. The first-order valence-corrected chi connectivity index (χ1v) is 13.7. The number of carbonyl (C=O) groups is 4. The van der Waals surface area contributed by atoms with Gasteiger partial charge in [-0.2, -0.15) is 24.4 Å². The number of hydrogen-bond acceptors (Lipinski definition) is 8. The van der Waals surface area contributed by atoms with Crippen LogP contribution in [0.3, 0.4) is 0 Å². The SMILES string of the molecule is CSCCC(NC(=O)C(Cc1ccccc1)NC(=O)C(N)CCCN=C(N)N)C(=O)NC(CS)C(=O)O. The molecule has 0 fully saturated rings. The summed E-state index contributed by atoms with van der Waals surface area (Å²) in [6.45, 7) is 0.313. The van der Waals surface area contributed by atoms with E-state index in [4.69, 9.17) is 17.2 Å². The van der Waals surface area contributed by atoms with Gasteiger partial charge in [0.25, 0.3) is 0 Å². The zero-order chi connectivity index (χ0) is 27.8. The van der Waals surface area contributed by atoms with Gasteiger partial charge in [0.1, 0.15) is 18.1 Å². The Bertz CT molecular complexity index is 916. The molecule has 1 aromatic carbocycles. The summed E-state index contributed by atoms with van der Waals surface area (Å²) in [4.78, 5) is 54.0. The molecule has 0 bridgehead atoms. The van der Waals surface area contributed by atoms with E-state index >= 15 is 0 Å². The second-order valence-corrected chi connectivity index (χ2v) is 9.58. The molecule has 0 aromatic heterocycles. The largest absolute Gasteiger partial charge is 0.480 e. The summed E-state index contributed by atoms with van der Waals surface area (Å²) >= 11 is 5.43. The number of hydrogen-bond donors (Lipinski definition) is 8. The molecule has 10 N–H and O–H groups in total. The standard InChI is InChI=1S/C23H37N7O5S2/c1-37-11-9-16(20(32)30-18(13-36)22(34)35)28-21(33)17(12-14-6-3-2-4-7-14)29-19(31)15(24)8-5-10-27-23(25)26/h2-4,6-7,15-18,36H,5,8-13,24H2,1H3,(H,28,33)(H,29,31)(H,30,32)(H,34,35)(H4,25,26,27). The summed E-state index contributed by atoms with van der Waals surface area (Å²) in [5.41, 5.74) is 17.4. The van der Waals surface area contributed by atoms with Gasteiger partial charge in [0.05, 0.1) is 6.04 Å². The van der Waals surface area contributed by atoms with E-state index < -0.39 is 47.9 Å². The van der Waals surface area contributed by atoms with Crippen molar-refractivity contribution < 1.29 is 24.3 Å². The molecule has 3 amide bonds. The number of nitrogens with one attached hydrogen (secondary N) is 3. The number of nitrogens with zero attached hydrogens (tertiary/aromatic N) is 1. The second-order valence-electron chi connectivity index (χ2n) is 8.23. The first-order valence-electron chi connectivity index (χ1n) is 11.7. The number of carboxylic acids is 1. The van der Waals surface area contributed by atoms with E-state index in [2.05, 4.69) is 33.6 Å². The average Bonchev–Trinajstić information content (AvgIpc) is 2.86. The lowest BCUT2D eigenvalue weighted by Gasteiger charge is -2.25. The van der Waals surface area contributed by atoms with Crippen LogP contribution in [0.15, 0.2) is 35.3 Å². The molecule has 0 radical (unpaired) electrons. The molecule has 4 atom stereocenters. The molecule has 12 nitrogen and oxygen atoms in total. The Hall–Kier alpha value is -2.97. The second kappa shape index (κ2) is 17.5. The maximum absolute atomic E-state index is 13.3. The zero-order valence-corrected chi connectivity index (χ0v) is 22.5. The minimum absolute atomic E-state index is 0.0540. The van der Waals surface area contributed by atoms with Crippen molar-refractivity contribution in [3.8, 4) is 0 Å². The van der Waals surface area contributed by atoms with Gasteiger partial charge >= 0.3 is 5.97 Å². The van der Waals surface area contributed by atoms with E-state index in [1.807, 2.05) is 24.5 Å². The van der Waals surface area contributed by atoms with E-state index in [9.17, 15) is 24.3 Å². The van der Waals surface area contributed by atoms with E-state index in [-0.39, 0.29) is 24.6 Å². The fourth-order valence-electron chi connectivity index (χ4n) is 3.22. The number of guanidine groups is 1. The lowest BCUT2D eigenvalue weighted by atomic mass is 10.0. The van der Waals surface area contributed by atoms with Gasteiger partial charge in [0.2, 0.25) is 17.7 Å². The predicted molar refractivity (Wildman–Crippen MR) is 148 cm³/mol. The number of amides is 3. The van der Waals surface area contributed by atoms with Gasteiger partial charge in [0, 0.05) is 18.7 Å². The van der Waals surface area contributed by atoms with Crippen LogP contribution < -0.4 is 33.2 Å². The summed E-state index contributed by atoms with van der Waals surface area (Å²) < 4.78 is 0. The van der Waals surface area contributed by atoms with E-state index in [1.165, 1.54) is 11.8 Å². The number of carbonyl (C=O) groups excluding carboxylic acids is 3. The van der Waals surface area contributed by atoms with Crippen LogP contribution in [-0.4, -0.2) is 83.2 Å². The van der Waals surface area contributed by atoms with Crippen LogP contribution >= 0.6 is 24.4 Å². The average molecular weight is 556 g/mol. The summed E-state index contributed by atoms with van der Waals surface area (Å²) in [6.07, 6.45) is 3.02. The van der Waals surface area contributed by atoms with Crippen LogP contribution in [0.1, 0.15) is 24.8 Å². The number of thioether (sulfide) groups is 1. The monoisotopic (exact) mass is 555 g/mol. The lowest BCUT2D eigenvalue weighted by molar-refractivity contribution is -0.141. The molecule has 0 aliphatic rings. The molecule has 206 valence electrons. The first-order chi connectivity index (χ1) is 17.6. The van der Waals surface area contributed by atoms with E-state index in [0.29, 0.717) is 25.1 Å². The number of rotatable bonds is 17. The van der Waals surface area contributed by atoms with Gasteiger partial charge in [-0.25, -0.2) is 4.79 Å². The zero-order valence-electron chi connectivity index (χ0n) is 20.8. The highest BCUT2D eigenvalue weighted by Crippen LogP contribution is 2.08. The fraction of sp³-hybridized carbons (Fsp3) is 0.522. The van der Waals surface area contributed by atoms with Crippen LogP contribution in [0.25, 0.3) is 0 Å². The third-order valence-electron chi connectivity index (χ3n) is 5.26. The number of thiol groups is 1. The molecule has 0 saturated heterocycles. The molecule has 0 spiro atoms. The van der Waals surface area contributed by atoms with Crippen LogP contribution in [0, 0.1) is 0 Å². The Kier molecular flexibility index (Phi) is 15.1. The molecule has 4 unspecified atom stereocenters. The third-order valence-corrected chi connectivity index (χ3v) is 6.27. The first kappa shape index (κ1) is 32.1. The highest BCUT2D eigenvalue weighted by molar-refractivity contribution is 7.98. The molecule has 0 saturated carbocycles. The minimum Gasteiger partial charge on any atom is -0.480 e. The van der Waals surface area contributed by atoms with E-state index in [1.54, 1.807) is 12.1 Å². The number of aliphatic imine (C=N–C) groups is 1. The van der Waals surface area contributed by atoms with Crippen molar-refractivity contribution in [1.29, 1.82) is 0 Å². The lowest BCUT2D eigenvalue weighted by Crippen LogP contribution is -2.58. The van der Waals surface area contributed by atoms with Crippen LogP contribution in [0.2, 0.25) is 0 Å². The molecule has 0 aliphatic carbocycles. The van der Waals surface area contributed by atoms with Crippen molar-refractivity contribution in [2.24, 2.45) is 22.2 Å². The van der Waals surface area contributed by atoms with Crippen LogP contribution in [-0.2, 0) is 25.6 Å². The van der Waals surface area contributed by atoms with Crippen molar-refractivity contribution in [1.82, 2.24) is 16.0 Å². The van der Waals surface area contributed by atoms with Crippen molar-refractivity contribution in [3.05, 3.63) is 35.9 Å². The Balaban J connectivity index is 2.99. The van der Waals surface area contributed by atoms with Gasteiger partial charge < -0.3 is 38.3 Å². The van der Waals surface area contributed by atoms with Gasteiger partial charge in [0.15, 0.2) is 5.96 Å². The molecular weight excluding hydrogens is 518 g/mol. The Morgan fingerprint density at radius 3 is 2.14 bits per heavy atom. The molecular formula is C23H37N7O5S2. The normalized spacial score (nSPS) is 13.9. The molecule has 0 heterocycles. The third kappa shape index (κ3) is 12.7. The number of carboxylic acid groups (broad SMARTS) is 1. The minimum atomic E-state index is -1.23. The Morgan fingerprint density at radius 2 is 1.57 bits per heavy atom. The molecule has 14 heteroatoms. The van der Waals surface area contributed by atoms with Gasteiger partial charge in [-0.05, 0) is 36.8 Å². The topological polar surface area (TPSA) is 215 Å². The summed E-state index contributed by atoms with van der Waals surface area (Å²) in [6, 6.07) is 4.91. The Labute approximate surface area is 226 Å². The molecule has 37 heavy (non-hydrogen) atoms. The van der Waals surface area contributed by atoms with E-state index in [0.717, 1.165) is 5.56 Å². The van der Waals surface area contributed by atoms with Crippen LogP contribution in [0.5, 0.6) is 0 Å². The van der Waals surface area contributed by atoms with Crippen molar-refractivity contribution in [2.45, 2.75) is 49.9 Å². The molecule has 1 aromatic rings. The maximum atomic E-state index is 13.3. The van der Waals surface area contributed by atoms with Gasteiger partial charge in [-0.15, -0.1) is 0 Å². The van der Waals surface area contributed by atoms with Crippen molar-refractivity contribution in [3.63, 3.8) is 0 Å². The number of benzene rings is 1. The summed E-state index contributed by atoms with van der Waals surface area (Å²) in [5, 5.41) is 17.0. The number of nitrogens with two attached hydrogens (primary N) is 3.